The molecule has 9 nitrogen and oxygen atoms in total. The predicted molar refractivity (Wildman–Crippen MR) is 148 cm³/mol. The summed E-state index contributed by atoms with van der Waals surface area (Å²) in [6.07, 6.45) is 6.29. The van der Waals surface area contributed by atoms with Gasteiger partial charge in [0.2, 0.25) is 0 Å². The molecule has 1 saturated carbocycles. The van der Waals surface area contributed by atoms with Crippen molar-refractivity contribution in [2.75, 3.05) is 24.7 Å². The van der Waals surface area contributed by atoms with E-state index in [1.165, 1.54) is 11.3 Å². The standard InChI is InChI=1S/C29H28N6O3S/c36-28(31-19-8-9-19)25-16-18-10-13-34(24-7-2-1-4-21(24)26(18)39-25)29(37)23-6-3-5-22(32-23)27-33-30-17-35(27)20-11-14-38-15-12-20/h1-7,16-17,19-20H,8-15H2,(H,31,36). The lowest BCUT2D eigenvalue weighted by molar-refractivity contribution is 0.0699. The maximum Gasteiger partial charge on any atom is 0.276 e. The molecule has 1 saturated heterocycles. The Balaban J connectivity index is 1.19. The molecule has 1 aromatic carbocycles. The minimum Gasteiger partial charge on any atom is -0.381 e. The smallest absolute Gasteiger partial charge is 0.276 e. The second-order valence-corrected chi connectivity index (χ2v) is 11.3. The molecule has 3 aromatic heterocycles. The number of nitrogens with one attached hydrogen (secondary N) is 1. The quantitative estimate of drug-likeness (QED) is 0.400. The SMILES string of the molecule is O=C(NC1CC1)c1cc2c(s1)-c1ccccc1N(C(=O)c1cccc(-c3nncn3C3CCOCC3)n1)CC2. The molecule has 3 aliphatic rings. The monoisotopic (exact) mass is 540 g/mol. The Morgan fingerprint density at radius 2 is 1.87 bits per heavy atom. The number of rotatable bonds is 5. The van der Waals surface area contributed by atoms with Crippen LogP contribution in [0.1, 0.15) is 57.4 Å². The molecule has 0 atom stereocenters. The van der Waals surface area contributed by atoms with E-state index in [-0.39, 0.29) is 17.9 Å². The highest BCUT2D eigenvalue weighted by atomic mass is 32.1. The number of hydrogen-bond acceptors (Lipinski definition) is 7. The van der Waals surface area contributed by atoms with E-state index in [1.807, 2.05) is 42.5 Å². The van der Waals surface area contributed by atoms with Gasteiger partial charge in [0, 0.05) is 42.3 Å². The van der Waals surface area contributed by atoms with Crippen molar-refractivity contribution < 1.29 is 14.3 Å². The minimum absolute atomic E-state index is 0.00407. The minimum atomic E-state index is -0.164. The number of para-hydroxylation sites is 1. The Bertz CT molecular complexity index is 1550. The molecule has 2 amide bonds. The van der Waals surface area contributed by atoms with Gasteiger partial charge in [-0.1, -0.05) is 24.3 Å². The molecule has 4 aromatic rings. The summed E-state index contributed by atoms with van der Waals surface area (Å²) in [6.45, 7) is 1.91. The van der Waals surface area contributed by atoms with Crippen LogP contribution in [0, 0.1) is 0 Å². The van der Waals surface area contributed by atoms with E-state index in [4.69, 9.17) is 9.72 Å². The van der Waals surface area contributed by atoms with Gasteiger partial charge in [0.05, 0.1) is 10.6 Å². The van der Waals surface area contributed by atoms with Crippen molar-refractivity contribution in [3.8, 4) is 22.0 Å². The Morgan fingerprint density at radius 1 is 1.03 bits per heavy atom. The Morgan fingerprint density at radius 3 is 2.72 bits per heavy atom. The van der Waals surface area contributed by atoms with Crippen molar-refractivity contribution in [1.82, 2.24) is 25.1 Å². The molecule has 2 fully saturated rings. The molecular weight excluding hydrogens is 512 g/mol. The van der Waals surface area contributed by atoms with Crippen molar-refractivity contribution in [3.63, 3.8) is 0 Å². The van der Waals surface area contributed by atoms with Gasteiger partial charge in [-0.15, -0.1) is 21.5 Å². The molecule has 2 aliphatic heterocycles. The molecule has 0 unspecified atom stereocenters. The zero-order valence-corrected chi connectivity index (χ0v) is 22.2. The van der Waals surface area contributed by atoms with Crippen LogP contribution in [0.3, 0.4) is 0 Å². The Kier molecular flexibility index (Phi) is 6.21. The van der Waals surface area contributed by atoms with Gasteiger partial charge in [0.1, 0.15) is 17.7 Å². The fraction of sp³-hybridized carbons (Fsp3) is 0.345. The number of benzene rings is 1. The van der Waals surface area contributed by atoms with Crippen molar-refractivity contribution in [2.24, 2.45) is 0 Å². The summed E-state index contributed by atoms with van der Waals surface area (Å²) in [7, 11) is 0. The molecule has 7 rings (SSSR count). The average Bonchev–Trinajstić information content (AvgIpc) is 3.51. The van der Waals surface area contributed by atoms with Crippen molar-refractivity contribution in [2.45, 2.75) is 44.2 Å². The summed E-state index contributed by atoms with van der Waals surface area (Å²) in [6, 6.07) is 15.9. The first-order chi connectivity index (χ1) is 19.2. The average molecular weight is 541 g/mol. The van der Waals surface area contributed by atoms with Gasteiger partial charge >= 0.3 is 0 Å². The molecule has 1 N–H and O–H groups in total. The summed E-state index contributed by atoms with van der Waals surface area (Å²) in [5, 5.41) is 11.6. The number of aromatic nitrogens is 4. The van der Waals surface area contributed by atoms with Gasteiger partial charge in [-0.2, -0.15) is 0 Å². The number of fused-ring (bicyclic) bond motifs is 3. The summed E-state index contributed by atoms with van der Waals surface area (Å²) in [5.41, 5.74) is 3.87. The summed E-state index contributed by atoms with van der Waals surface area (Å²) >= 11 is 1.50. The molecule has 5 heterocycles. The summed E-state index contributed by atoms with van der Waals surface area (Å²) in [5.74, 6) is 0.492. The zero-order valence-electron chi connectivity index (χ0n) is 21.4. The fourth-order valence-electron chi connectivity index (χ4n) is 5.38. The lowest BCUT2D eigenvalue weighted by atomic mass is 10.1. The van der Waals surface area contributed by atoms with E-state index in [2.05, 4.69) is 20.1 Å². The molecule has 39 heavy (non-hydrogen) atoms. The highest BCUT2D eigenvalue weighted by molar-refractivity contribution is 7.17. The first-order valence-corrected chi connectivity index (χ1v) is 14.3. The lowest BCUT2D eigenvalue weighted by Crippen LogP contribution is -2.33. The highest BCUT2D eigenvalue weighted by Gasteiger charge is 2.30. The molecule has 0 bridgehead atoms. The molecule has 1 aliphatic carbocycles. The number of ether oxygens (including phenoxy) is 1. The van der Waals surface area contributed by atoms with Gasteiger partial charge in [0.25, 0.3) is 11.8 Å². The topological polar surface area (TPSA) is 102 Å². The molecule has 198 valence electrons. The van der Waals surface area contributed by atoms with Crippen molar-refractivity contribution >= 4 is 28.8 Å². The number of thiophene rings is 1. The van der Waals surface area contributed by atoms with E-state index in [9.17, 15) is 9.59 Å². The molecule has 0 spiro atoms. The molecule has 0 radical (unpaired) electrons. The van der Waals surface area contributed by atoms with Crippen molar-refractivity contribution in [3.05, 3.63) is 71.0 Å². The van der Waals surface area contributed by atoms with E-state index in [1.54, 1.807) is 17.3 Å². The molecular formula is C29H28N6O3S. The van der Waals surface area contributed by atoms with E-state index in [0.717, 1.165) is 52.3 Å². The Labute approximate surface area is 229 Å². The molecule has 10 heteroatoms. The third-order valence-corrected chi connectivity index (χ3v) is 8.80. The number of carbonyl (C=O) groups is 2. The van der Waals surface area contributed by atoms with E-state index in [0.29, 0.717) is 49.4 Å². The van der Waals surface area contributed by atoms with Gasteiger partial charge in [0.15, 0.2) is 5.82 Å². The van der Waals surface area contributed by atoms with Gasteiger partial charge in [-0.05, 0) is 61.9 Å². The second kappa shape index (κ2) is 10.0. The number of pyridine rings is 1. The van der Waals surface area contributed by atoms with Crippen LogP contribution in [0.2, 0.25) is 0 Å². The van der Waals surface area contributed by atoms with Gasteiger partial charge in [-0.3, -0.25) is 9.59 Å². The highest BCUT2D eigenvalue weighted by Crippen LogP contribution is 2.42. The Hall–Kier alpha value is -3.89. The van der Waals surface area contributed by atoms with Gasteiger partial charge < -0.3 is 19.5 Å². The van der Waals surface area contributed by atoms with Crippen LogP contribution in [-0.2, 0) is 11.2 Å². The maximum atomic E-state index is 13.9. The van der Waals surface area contributed by atoms with Crippen LogP contribution in [0.5, 0.6) is 0 Å². The van der Waals surface area contributed by atoms with Crippen LogP contribution in [0.15, 0.2) is 54.9 Å². The fourth-order valence-corrected chi connectivity index (χ4v) is 6.52. The summed E-state index contributed by atoms with van der Waals surface area (Å²) < 4.78 is 7.57. The van der Waals surface area contributed by atoms with Crippen LogP contribution in [0.4, 0.5) is 5.69 Å². The first-order valence-electron chi connectivity index (χ1n) is 13.5. The number of amides is 2. The summed E-state index contributed by atoms with van der Waals surface area (Å²) in [4.78, 5) is 35.0. The number of anilines is 1. The first kappa shape index (κ1) is 24.2. The largest absolute Gasteiger partial charge is 0.381 e. The predicted octanol–water partition coefficient (Wildman–Crippen LogP) is 4.52. The third kappa shape index (κ3) is 4.63. The zero-order chi connectivity index (χ0) is 26.3. The van der Waals surface area contributed by atoms with Crippen LogP contribution < -0.4 is 10.2 Å². The number of nitrogens with zero attached hydrogens (tertiary/aromatic N) is 5. The number of hydrogen-bond donors (Lipinski definition) is 1. The van der Waals surface area contributed by atoms with E-state index >= 15 is 0 Å². The lowest BCUT2D eigenvalue weighted by Gasteiger charge is -2.24. The van der Waals surface area contributed by atoms with Crippen LogP contribution >= 0.6 is 11.3 Å². The number of carbonyl (C=O) groups excluding carboxylic acids is 2. The van der Waals surface area contributed by atoms with Crippen molar-refractivity contribution in [1.29, 1.82) is 0 Å². The third-order valence-electron chi connectivity index (χ3n) is 7.59. The van der Waals surface area contributed by atoms with E-state index < -0.39 is 0 Å². The maximum absolute atomic E-state index is 13.9. The van der Waals surface area contributed by atoms with Crippen LogP contribution in [0.25, 0.3) is 22.0 Å². The van der Waals surface area contributed by atoms with Crippen LogP contribution in [-0.4, -0.2) is 57.4 Å². The normalized spacial score (nSPS) is 17.3. The van der Waals surface area contributed by atoms with Gasteiger partial charge in [-0.25, -0.2) is 4.98 Å². The second-order valence-electron chi connectivity index (χ2n) is 10.3.